The second-order valence-electron chi connectivity index (χ2n) is 2.64. The highest BCUT2D eigenvalue weighted by Crippen LogP contribution is 2.35. The van der Waals surface area contributed by atoms with Gasteiger partial charge in [0.15, 0.2) is 0 Å². The highest BCUT2D eigenvalue weighted by atomic mass is 35.5. The number of halogens is 2. The predicted molar refractivity (Wildman–Crippen MR) is 37.2 cm³/mol. The molecule has 9 heavy (non-hydrogen) atoms. The summed E-state index contributed by atoms with van der Waals surface area (Å²) < 4.78 is 12.7. The van der Waals surface area contributed by atoms with Gasteiger partial charge in [-0.1, -0.05) is 25.4 Å². The first-order chi connectivity index (χ1) is 4.13. The van der Waals surface area contributed by atoms with Gasteiger partial charge >= 0.3 is 0 Å². The Morgan fingerprint density at radius 2 is 2.11 bits per heavy atom. The second kappa shape index (κ2) is 2.30. The van der Waals surface area contributed by atoms with Gasteiger partial charge < -0.3 is 0 Å². The van der Waals surface area contributed by atoms with E-state index < -0.39 is 6.17 Å². The van der Waals surface area contributed by atoms with Crippen molar-refractivity contribution in [3.63, 3.8) is 0 Å². The average Bonchev–Trinajstić information content (AvgIpc) is 1.98. The van der Waals surface area contributed by atoms with Crippen LogP contribution in [0.5, 0.6) is 0 Å². The molecule has 0 fully saturated rings. The van der Waals surface area contributed by atoms with Gasteiger partial charge in [-0.2, -0.15) is 0 Å². The van der Waals surface area contributed by atoms with Crippen molar-refractivity contribution in [2.45, 2.75) is 20.0 Å². The minimum absolute atomic E-state index is 0.0671. The van der Waals surface area contributed by atoms with Crippen molar-refractivity contribution in [3.8, 4) is 0 Å². The Morgan fingerprint density at radius 3 is 2.22 bits per heavy atom. The largest absolute Gasteiger partial charge is 0.243 e. The van der Waals surface area contributed by atoms with Crippen molar-refractivity contribution in [1.82, 2.24) is 0 Å². The van der Waals surface area contributed by atoms with Crippen molar-refractivity contribution in [2.24, 2.45) is 11.8 Å². The molecule has 0 amide bonds. The molecule has 0 radical (unpaired) electrons. The van der Waals surface area contributed by atoms with Crippen LogP contribution in [0.15, 0.2) is 11.1 Å². The van der Waals surface area contributed by atoms with E-state index in [1.165, 1.54) is 6.08 Å². The SMILES string of the molecule is CC1C(Cl)=CC(F)C1C. The molecule has 0 spiro atoms. The Morgan fingerprint density at radius 1 is 1.56 bits per heavy atom. The minimum atomic E-state index is -0.826. The topological polar surface area (TPSA) is 0 Å². The predicted octanol–water partition coefficient (Wildman–Crippen LogP) is 2.73. The van der Waals surface area contributed by atoms with E-state index >= 15 is 0 Å². The van der Waals surface area contributed by atoms with Crippen molar-refractivity contribution < 1.29 is 4.39 Å². The molecule has 0 bridgehead atoms. The molecule has 0 saturated heterocycles. The van der Waals surface area contributed by atoms with Crippen molar-refractivity contribution in [3.05, 3.63) is 11.1 Å². The molecule has 0 aromatic carbocycles. The molecule has 0 heterocycles. The molecule has 1 aliphatic carbocycles. The van der Waals surface area contributed by atoms with Crippen LogP contribution in [0, 0.1) is 11.8 Å². The number of alkyl halides is 1. The Kier molecular flexibility index (Phi) is 1.80. The summed E-state index contributed by atoms with van der Waals surface area (Å²) in [6.07, 6.45) is 0.671. The third kappa shape index (κ3) is 1.11. The summed E-state index contributed by atoms with van der Waals surface area (Å²) in [7, 11) is 0. The number of hydrogen-bond donors (Lipinski definition) is 0. The fraction of sp³-hybridized carbons (Fsp3) is 0.714. The van der Waals surface area contributed by atoms with Gasteiger partial charge in [0.05, 0.1) is 0 Å². The van der Waals surface area contributed by atoms with Gasteiger partial charge in [0.2, 0.25) is 0 Å². The first-order valence-electron chi connectivity index (χ1n) is 3.14. The molecule has 52 valence electrons. The molecule has 3 atom stereocenters. The van der Waals surface area contributed by atoms with Gasteiger partial charge in [0, 0.05) is 5.03 Å². The lowest BCUT2D eigenvalue weighted by Crippen LogP contribution is -2.10. The Hall–Kier alpha value is -0.0400. The van der Waals surface area contributed by atoms with Crippen LogP contribution in [0.4, 0.5) is 4.39 Å². The van der Waals surface area contributed by atoms with E-state index in [9.17, 15) is 4.39 Å². The summed E-state index contributed by atoms with van der Waals surface area (Å²) in [5.41, 5.74) is 0. The summed E-state index contributed by atoms with van der Waals surface area (Å²) in [5, 5.41) is 0.676. The molecule has 2 heteroatoms. The van der Waals surface area contributed by atoms with E-state index in [1.807, 2.05) is 13.8 Å². The van der Waals surface area contributed by atoms with E-state index in [-0.39, 0.29) is 11.8 Å². The fourth-order valence-corrected chi connectivity index (χ4v) is 1.30. The van der Waals surface area contributed by atoms with Crippen LogP contribution >= 0.6 is 11.6 Å². The molecular weight excluding hydrogens is 139 g/mol. The van der Waals surface area contributed by atoms with Crippen LogP contribution in [0.2, 0.25) is 0 Å². The zero-order chi connectivity index (χ0) is 7.02. The monoisotopic (exact) mass is 148 g/mol. The quantitative estimate of drug-likeness (QED) is 0.496. The fourth-order valence-electron chi connectivity index (χ4n) is 0.983. The molecule has 1 rings (SSSR count). The van der Waals surface area contributed by atoms with Crippen molar-refractivity contribution >= 4 is 11.6 Å². The van der Waals surface area contributed by atoms with Crippen LogP contribution in [0.25, 0.3) is 0 Å². The zero-order valence-electron chi connectivity index (χ0n) is 5.57. The van der Waals surface area contributed by atoms with E-state index in [0.717, 1.165) is 0 Å². The molecule has 0 nitrogen and oxygen atoms in total. The number of allylic oxidation sites excluding steroid dienone is 2. The molecular formula is C7H10ClF. The van der Waals surface area contributed by atoms with Crippen LogP contribution in [-0.4, -0.2) is 6.17 Å². The van der Waals surface area contributed by atoms with Crippen molar-refractivity contribution in [1.29, 1.82) is 0 Å². The second-order valence-corrected chi connectivity index (χ2v) is 3.08. The molecule has 0 N–H and O–H groups in total. The lowest BCUT2D eigenvalue weighted by molar-refractivity contribution is 0.279. The van der Waals surface area contributed by atoms with E-state index in [0.29, 0.717) is 5.03 Å². The smallest absolute Gasteiger partial charge is 0.123 e. The maximum Gasteiger partial charge on any atom is 0.123 e. The molecule has 0 aliphatic heterocycles. The molecule has 0 saturated carbocycles. The maximum atomic E-state index is 12.7. The standard InChI is InChI=1S/C7H10ClF/c1-4-5(2)7(9)3-6(4)8/h3-5,7H,1-2H3. The normalized spacial score (nSPS) is 43.1. The third-order valence-corrected chi connectivity index (χ3v) is 2.51. The highest BCUT2D eigenvalue weighted by Gasteiger charge is 2.29. The lowest BCUT2D eigenvalue weighted by Gasteiger charge is -2.10. The van der Waals surface area contributed by atoms with E-state index in [4.69, 9.17) is 11.6 Å². The van der Waals surface area contributed by atoms with Gasteiger partial charge in [0.1, 0.15) is 6.17 Å². The Labute approximate surface area is 59.7 Å². The van der Waals surface area contributed by atoms with Crippen LogP contribution in [0.1, 0.15) is 13.8 Å². The summed E-state index contributed by atoms with van der Waals surface area (Å²) >= 11 is 5.67. The van der Waals surface area contributed by atoms with Gasteiger partial charge in [-0.3, -0.25) is 0 Å². The number of hydrogen-bond acceptors (Lipinski definition) is 0. The molecule has 0 aromatic rings. The van der Waals surface area contributed by atoms with E-state index in [2.05, 4.69) is 0 Å². The lowest BCUT2D eigenvalue weighted by atomic mass is 9.99. The molecule has 0 aromatic heterocycles. The summed E-state index contributed by atoms with van der Waals surface area (Å²) in [4.78, 5) is 0. The first-order valence-corrected chi connectivity index (χ1v) is 3.52. The van der Waals surface area contributed by atoms with Gasteiger partial charge in [-0.25, -0.2) is 4.39 Å². The molecule has 1 aliphatic rings. The first kappa shape index (κ1) is 7.07. The van der Waals surface area contributed by atoms with Gasteiger partial charge in [0.25, 0.3) is 0 Å². The van der Waals surface area contributed by atoms with Gasteiger partial charge in [-0.05, 0) is 17.9 Å². The molecule has 3 unspecified atom stereocenters. The van der Waals surface area contributed by atoms with Gasteiger partial charge in [-0.15, -0.1) is 0 Å². The Bertz CT molecular complexity index is 142. The summed E-state index contributed by atoms with van der Waals surface area (Å²) in [5.74, 6) is 0.277. The third-order valence-electron chi connectivity index (χ3n) is 2.04. The van der Waals surface area contributed by atoms with Crippen LogP contribution in [0.3, 0.4) is 0 Å². The van der Waals surface area contributed by atoms with Crippen LogP contribution in [-0.2, 0) is 0 Å². The summed E-state index contributed by atoms with van der Waals surface area (Å²) in [6.45, 7) is 3.82. The average molecular weight is 149 g/mol. The Balaban J connectivity index is 2.70. The zero-order valence-corrected chi connectivity index (χ0v) is 6.32. The highest BCUT2D eigenvalue weighted by molar-refractivity contribution is 6.30. The number of rotatable bonds is 0. The summed E-state index contributed by atoms with van der Waals surface area (Å²) in [6, 6.07) is 0. The van der Waals surface area contributed by atoms with E-state index in [1.54, 1.807) is 0 Å². The van der Waals surface area contributed by atoms with Crippen LogP contribution < -0.4 is 0 Å². The maximum absolute atomic E-state index is 12.7. The minimum Gasteiger partial charge on any atom is -0.243 e. The van der Waals surface area contributed by atoms with Crippen molar-refractivity contribution in [2.75, 3.05) is 0 Å².